The van der Waals surface area contributed by atoms with Crippen LogP contribution < -0.4 is 0 Å². The Morgan fingerprint density at radius 1 is 1.14 bits per heavy atom. The molecule has 2 aromatic carbocycles. The van der Waals surface area contributed by atoms with Gasteiger partial charge < -0.3 is 4.74 Å². The van der Waals surface area contributed by atoms with Gasteiger partial charge in [0.25, 0.3) is 0 Å². The van der Waals surface area contributed by atoms with E-state index in [2.05, 4.69) is 0 Å². The van der Waals surface area contributed by atoms with Gasteiger partial charge in [0.2, 0.25) is 0 Å². The van der Waals surface area contributed by atoms with Crippen LogP contribution in [0.5, 0.6) is 0 Å². The van der Waals surface area contributed by atoms with Crippen molar-refractivity contribution in [3.05, 3.63) is 71.3 Å². The zero-order chi connectivity index (χ0) is 15.2. The molecular formula is C17H16F2O2. The fourth-order valence-electron chi connectivity index (χ4n) is 2.12. The number of ether oxygens (including phenoxy) is 1. The topological polar surface area (TPSA) is 26.3 Å². The Morgan fingerprint density at radius 3 is 2.48 bits per heavy atom. The highest BCUT2D eigenvalue weighted by Gasteiger charge is 2.22. The number of ketones is 1. The molecule has 2 nitrogen and oxygen atoms in total. The molecular weight excluding hydrogens is 274 g/mol. The highest BCUT2D eigenvalue weighted by molar-refractivity contribution is 5.86. The van der Waals surface area contributed by atoms with E-state index >= 15 is 0 Å². The Bertz CT molecular complexity index is 611. The van der Waals surface area contributed by atoms with Gasteiger partial charge in [-0.2, -0.15) is 0 Å². The van der Waals surface area contributed by atoms with Crippen LogP contribution in [0.25, 0.3) is 0 Å². The van der Waals surface area contributed by atoms with E-state index in [0.717, 1.165) is 17.7 Å². The lowest BCUT2D eigenvalue weighted by atomic mass is 9.99. The Hall–Kier alpha value is -2.07. The van der Waals surface area contributed by atoms with Crippen LogP contribution in [0.3, 0.4) is 0 Å². The summed E-state index contributed by atoms with van der Waals surface area (Å²) in [7, 11) is 0. The van der Waals surface area contributed by atoms with Crippen molar-refractivity contribution in [1.29, 1.82) is 0 Å². The highest BCUT2D eigenvalue weighted by atomic mass is 19.1. The van der Waals surface area contributed by atoms with E-state index in [1.54, 1.807) is 19.1 Å². The summed E-state index contributed by atoms with van der Waals surface area (Å²) >= 11 is 0. The molecule has 0 aliphatic carbocycles. The second-order valence-electron chi connectivity index (χ2n) is 4.62. The van der Waals surface area contributed by atoms with Crippen LogP contribution in [-0.2, 0) is 16.0 Å². The number of benzene rings is 2. The molecule has 1 unspecified atom stereocenters. The first-order valence-corrected chi connectivity index (χ1v) is 6.75. The van der Waals surface area contributed by atoms with Gasteiger partial charge in [0, 0.05) is 19.1 Å². The summed E-state index contributed by atoms with van der Waals surface area (Å²) < 4.78 is 32.0. The first-order valence-electron chi connectivity index (χ1n) is 6.75. The van der Waals surface area contributed by atoms with Gasteiger partial charge in [0.1, 0.15) is 17.7 Å². The van der Waals surface area contributed by atoms with Gasteiger partial charge in [-0.25, -0.2) is 8.78 Å². The molecule has 2 rings (SSSR count). The third kappa shape index (κ3) is 3.95. The zero-order valence-corrected chi connectivity index (χ0v) is 11.7. The molecule has 1 atom stereocenters. The first-order chi connectivity index (χ1) is 10.1. The number of hydrogen-bond acceptors (Lipinski definition) is 2. The predicted molar refractivity (Wildman–Crippen MR) is 75.9 cm³/mol. The van der Waals surface area contributed by atoms with E-state index in [0.29, 0.717) is 6.61 Å². The lowest BCUT2D eigenvalue weighted by Gasteiger charge is -2.16. The second-order valence-corrected chi connectivity index (χ2v) is 4.62. The summed E-state index contributed by atoms with van der Waals surface area (Å²) in [5.41, 5.74) is 0.897. The molecule has 0 aromatic heterocycles. The lowest BCUT2D eigenvalue weighted by molar-refractivity contribution is -0.130. The molecule has 4 heteroatoms. The van der Waals surface area contributed by atoms with Gasteiger partial charge in [-0.05, 0) is 24.1 Å². The molecule has 0 spiro atoms. The zero-order valence-electron chi connectivity index (χ0n) is 11.7. The van der Waals surface area contributed by atoms with Gasteiger partial charge in [-0.3, -0.25) is 4.79 Å². The minimum absolute atomic E-state index is 0.133. The van der Waals surface area contributed by atoms with Crippen LogP contribution in [-0.4, -0.2) is 12.4 Å². The molecule has 0 N–H and O–H groups in total. The molecule has 0 aliphatic heterocycles. The molecule has 0 radical (unpaired) electrons. The van der Waals surface area contributed by atoms with Crippen molar-refractivity contribution in [2.75, 3.05) is 6.61 Å². The third-order valence-corrected chi connectivity index (χ3v) is 3.11. The molecule has 21 heavy (non-hydrogen) atoms. The molecule has 0 amide bonds. The number of Topliss-reactive ketones (excluding diaryl/α,β-unsaturated/α-hetero) is 1. The van der Waals surface area contributed by atoms with E-state index in [1.807, 2.05) is 18.2 Å². The molecule has 0 heterocycles. The summed E-state index contributed by atoms with van der Waals surface area (Å²) in [6.45, 7) is 2.17. The van der Waals surface area contributed by atoms with Crippen molar-refractivity contribution >= 4 is 5.78 Å². The summed E-state index contributed by atoms with van der Waals surface area (Å²) in [6, 6.07) is 12.3. The van der Waals surface area contributed by atoms with Crippen LogP contribution in [0.15, 0.2) is 48.5 Å². The predicted octanol–water partition coefficient (Wildman–Crippen LogP) is 3.85. The summed E-state index contributed by atoms with van der Waals surface area (Å²) in [4.78, 5) is 12.4. The van der Waals surface area contributed by atoms with E-state index in [9.17, 15) is 13.6 Å². The Kier molecular flexibility index (Phi) is 5.17. The normalized spacial score (nSPS) is 12.1. The van der Waals surface area contributed by atoms with Crippen molar-refractivity contribution in [3.63, 3.8) is 0 Å². The lowest BCUT2D eigenvalue weighted by Crippen LogP contribution is -2.19. The second kappa shape index (κ2) is 7.09. The maximum Gasteiger partial charge on any atom is 0.170 e. The van der Waals surface area contributed by atoms with Crippen molar-refractivity contribution < 1.29 is 18.3 Å². The average molecular weight is 290 g/mol. The molecule has 110 valence electrons. The summed E-state index contributed by atoms with van der Waals surface area (Å²) in [5.74, 6) is -1.63. The Morgan fingerprint density at radius 2 is 1.86 bits per heavy atom. The number of carbonyl (C=O) groups is 1. The van der Waals surface area contributed by atoms with E-state index in [1.165, 1.54) is 6.07 Å². The fraction of sp³-hybridized carbons (Fsp3) is 0.235. The summed E-state index contributed by atoms with van der Waals surface area (Å²) in [5, 5.41) is 0. The van der Waals surface area contributed by atoms with E-state index < -0.39 is 17.7 Å². The average Bonchev–Trinajstić information content (AvgIpc) is 2.48. The van der Waals surface area contributed by atoms with Gasteiger partial charge in [0.15, 0.2) is 5.78 Å². The summed E-state index contributed by atoms with van der Waals surface area (Å²) in [6.07, 6.45) is -0.869. The number of hydrogen-bond donors (Lipinski definition) is 0. The maximum atomic E-state index is 13.6. The number of halogens is 2. The van der Waals surface area contributed by atoms with Crippen LogP contribution in [0.1, 0.15) is 24.2 Å². The van der Waals surface area contributed by atoms with E-state index in [4.69, 9.17) is 4.74 Å². The van der Waals surface area contributed by atoms with Crippen LogP contribution in [0.2, 0.25) is 0 Å². The third-order valence-electron chi connectivity index (χ3n) is 3.11. The first kappa shape index (κ1) is 15.3. The molecule has 0 bridgehead atoms. The monoisotopic (exact) mass is 290 g/mol. The van der Waals surface area contributed by atoms with E-state index in [-0.39, 0.29) is 17.8 Å². The van der Waals surface area contributed by atoms with Crippen LogP contribution >= 0.6 is 0 Å². The van der Waals surface area contributed by atoms with Gasteiger partial charge in [-0.15, -0.1) is 0 Å². The Labute approximate surface area is 122 Å². The highest BCUT2D eigenvalue weighted by Crippen LogP contribution is 2.21. The molecule has 0 saturated heterocycles. The van der Waals surface area contributed by atoms with Crippen molar-refractivity contribution in [1.82, 2.24) is 0 Å². The van der Waals surface area contributed by atoms with Crippen LogP contribution in [0.4, 0.5) is 8.78 Å². The maximum absolute atomic E-state index is 13.6. The van der Waals surface area contributed by atoms with Gasteiger partial charge >= 0.3 is 0 Å². The molecule has 2 aromatic rings. The minimum atomic E-state index is -0.736. The Balaban J connectivity index is 2.19. The fourth-order valence-corrected chi connectivity index (χ4v) is 2.12. The van der Waals surface area contributed by atoms with Gasteiger partial charge in [0.05, 0.1) is 0 Å². The van der Waals surface area contributed by atoms with Crippen molar-refractivity contribution in [3.8, 4) is 0 Å². The van der Waals surface area contributed by atoms with Crippen molar-refractivity contribution in [2.24, 2.45) is 0 Å². The molecule has 0 fully saturated rings. The smallest absolute Gasteiger partial charge is 0.170 e. The quantitative estimate of drug-likeness (QED) is 0.807. The SMILES string of the molecule is CCOC(C(=O)Cc1ccc(F)cc1F)c1ccccc1. The van der Waals surface area contributed by atoms with Crippen LogP contribution in [0, 0.1) is 11.6 Å². The largest absolute Gasteiger partial charge is 0.366 e. The standard InChI is InChI=1S/C17H16F2O2/c1-2-21-17(12-6-4-3-5-7-12)16(20)10-13-8-9-14(18)11-15(13)19/h3-9,11,17H,2,10H2,1H3. The minimum Gasteiger partial charge on any atom is -0.366 e. The van der Waals surface area contributed by atoms with Crippen molar-refractivity contribution in [2.45, 2.75) is 19.4 Å². The van der Waals surface area contributed by atoms with Gasteiger partial charge in [-0.1, -0.05) is 36.4 Å². The molecule has 0 aliphatic rings. The number of carbonyl (C=O) groups excluding carboxylic acids is 1. The molecule has 0 saturated carbocycles. The number of rotatable bonds is 6.